The molecule has 0 aliphatic carbocycles. The second kappa shape index (κ2) is 7.92. The number of ketones is 1. The molecule has 128 valence electrons. The van der Waals surface area contributed by atoms with E-state index >= 15 is 0 Å². The number of carbonyl (C=O) groups excluding carboxylic acids is 1. The fourth-order valence-electron chi connectivity index (χ4n) is 2.07. The van der Waals surface area contributed by atoms with E-state index in [1.807, 2.05) is 0 Å². The second-order valence-electron chi connectivity index (χ2n) is 5.12. The Hall–Kier alpha value is -2.41. The molecule has 0 aliphatic rings. The normalized spacial score (nSPS) is 11.3. The van der Waals surface area contributed by atoms with Crippen LogP contribution in [0.5, 0.6) is 0 Å². The van der Waals surface area contributed by atoms with Gasteiger partial charge in [0.05, 0.1) is 12.1 Å². The Morgan fingerprint density at radius 1 is 1.00 bits per heavy atom. The van der Waals surface area contributed by atoms with Crippen LogP contribution in [0.4, 0.5) is 23.2 Å². The van der Waals surface area contributed by atoms with E-state index in [4.69, 9.17) is 0 Å². The highest BCUT2D eigenvalue weighted by molar-refractivity contribution is 5.97. The molecular formula is C17H16F4N2O. The van der Waals surface area contributed by atoms with Crippen LogP contribution in [-0.4, -0.2) is 25.4 Å². The summed E-state index contributed by atoms with van der Waals surface area (Å²) < 4.78 is 50.8. The largest absolute Gasteiger partial charge is 0.416 e. The van der Waals surface area contributed by atoms with Gasteiger partial charge in [0.2, 0.25) is 0 Å². The van der Waals surface area contributed by atoms with Crippen molar-refractivity contribution in [2.45, 2.75) is 6.18 Å². The third-order valence-electron chi connectivity index (χ3n) is 3.25. The molecule has 0 amide bonds. The summed E-state index contributed by atoms with van der Waals surface area (Å²) in [5.41, 5.74) is -0.0989. The van der Waals surface area contributed by atoms with Crippen LogP contribution in [0.25, 0.3) is 0 Å². The Labute approximate surface area is 136 Å². The number of alkyl halides is 3. The van der Waals surface area contributed by atoms with Crippen LogP contribution in [-0.2, 0) is 6.18 Å². The number of halogens is 4. The highest BCUT2D eigenvalue weighted by Crippen LogP contribution is 2.30. The van der Waals surface area contributed by atoms with Crippen molar-refractivity contribution in [2.24, 2.45) is 0 Å². The lowest BCUT2D eigenvalue weighted by Gasteiger charge is -2.11. The summed E-state index contributed by atoms with van der Waals surface area (Å²) in [6.07, 6.45) is -4.38. The van der Waals surface area contributed by atoms with Gasteiger partial charge in [-0.3, -0.25) is 4.79 Å². The van der Waals surface area contributed by atoms with Gasteiger partial charge in [0, 0.05) is 24.3 Å². The van der Waals surface area contributed by atoms with E-state index in [-0.39, 0.29) is 17.9 Å². The monoisotopic (exact) mass is 340 g/mol. The number of rotatable bonds is 7. The first kappa shape index (κ1) is 17.9. The lowest BCUT2D eigenvalue weighted by Crippen LogP contribution is -2.28. The number of hydrogen-bond acceptors (Lipinski definition) is 3. The first-order valence-corrected chi connectivity index (χ1v) is 7.27. The molecule has 0 fully saturated rings. The van der Waals surface area contributed by atoms with E-state index in [0.717, 1.165) is 18.2 Å². The van der Waals surface area contributed by atoms with Gasteiger partial charge in [-0.25, -0.2) is 4.39 Å². The predicted molar refractivity (Wildman–Crippen MR) is 83.5 cm³/mol. The molecule has 0 saturated carbocycles. The molecule has 0 unspecified atom stereocenters. The molecule has 2 aromatic rings. The van der Waals surface area contributed by atoms with E-state index in [0.29, 0.717) is 18.8 Å². The summed E-state index contributed by atoms with van der Waals surface area (Å²) in [5.74, 6) is -0.736. The molecule has 0 aliphatic heterocycles. The van der Waals surface area contributed by atoms with Gasteiger partial charge >= 0.3 is 6.18 Å². The third kappa shape index (κ3) is 5.34. The molecule has 0 radical (unpaired) electrons. The van der Waals surface area contributed by atoms with Gasteiger partial charge in [-0.2, -0.15) is 13.2 Å². The predicted octanol–water partition coefficient (Wildman–Crippen LogP) is 3.73. The highest BCUT2D eigenvalue weighted by Gasteiger charge is 2.30. The molecule has 0 spiro atoms. The van der Waals surface area contributed by atoms with Crippen molar-refractivity contribution in [3.8, 4) is 0 Å². The van der Waals surface area contributed by atoms with Gasteiger partial charge in [0.1, 0.15) is 5.82 Å². The third-order valence-corrected chi connectivity index (χ3v) is 3.25. The molecule has 2 aromatic carbocycles. The lowest BCUT2D eigenvalue weighted by atomic mass is 10.1. The zero-order valence-corrected chi connectivity index (χ0v) is 12.7. The molecule has 0 heterocycles. The average Bonchev–Trinajstić information content (AvgIpc) is 2.54. The van der Waals surface area contributed by atoms with Crippen molar-refractivity contribution in [1.82, 2.24) is 5.32 Å². The summed E-state index contributed by atoms with van der Waals surface area (Å²) in [4.78, 5) is 11.8. The van der Waals surface area contributed by atoms with Gasteiger partial charge in [-0.05, 0) is 30.3 Å². The standard InChI is InChI=1S/C17H16F4N2O/c18-14-5-1-3-12(9-14)16(24)11-22-7-8-23-15-6-2-4-13(10-15)17(19,20)21/h1-6,9-10,22-23H,7-8,11H2. The summed E-state index contributed by atoms with van der Waals surface area (Å²) >= 11 is 0. The van der Waals surface area contributed by atoms with E-state index in [2.05, 4.69) is 10.6 Å². The maximum absolute atomic E-state index is 13.0. The van der Waals surface area contributed by atoms with Crippen molar-refractivity contribution in [1.29, 1.82) is 0 Å². The molecule has 7 heteroatoms. The maximum Gasteiger partial charge on any atom is 0.416 e. The van der Waals surface area contributed by atoms with Crippen molar-refractivity contribution in [3.05, 3.63) is 65.5 Å². The molecule has 3 nitrogen and oxygen atoms in total. The van der Waals surface area contributed by atoms with Crippen LogP contribution in [0.1, 0.15) is 15.9 Å². The smallest absolute Gasteiger partial charge is 0.384 e. The number of benzene rings is 2. The number of Topliss-reactive ketones (excluding diaryl/α,β-unsaturated/α-hetero) is 1. The van der Waals surface area contributed by atoms with Crippen LogP contribution >= 0.6 is 0 Å². The molecule has 0 saturated heterocycles. The molecule has 0 aromatic heterocycles. The number of hydrogen-bond donors (Lipinski definition) is 2. The highest BCUT2D eigenvalue weighted by atomic mass is 19.4. The summed E-state index contributed by atoms with van der Waals surface area (Å²) in [6, 6.07) is 10.3. The summed E-state index contributed by atoms with van der Waals surface area (Å²) in [5, 5.41) is 5.71. The van der Waals surface area contributed by atoms with Crippen LogP contribution in [0.15, 0.2) is 48.5 Å². The molecule has 24 heavy (non-hydrogen) atoms. The zero-order valence-electron chi connectivity index (χ0n) is 12.7. The van der Waals surface area contributed by atoms with E-state index in [1.165, 1.54) is 30.3 Å². The van der Waals surface area contributed by atoms with Crippen LogP contribution in [0.2, 0.25) is 0 Å². The second-order valence-corrected chi connectivity index (χ2v) is 5.12. The van der Waals surface area contributed by atoms with Crippen LogP contribution < -0.4 is 10.6 Å². The van der Waals surface area contributed by atoms with Gasteiger partial charge < -0.3 is 10.6 Å². The van der Waals surface area contributed by atoms with Crippen molar-refractivity contribution in [3.63, 3.8) is 0 Å². The maximum atomic E-state index is 13.0. The van der Waals surface area contributed by atoms with Gasteiger partial charge in [0.25, 0.3) is 0 Å². The minimum Gasteiger partial charge on any atom is -0.384 e. The minimum atomic E-state index is -4.38. The Morgan fingerprint density at radius 3 is 2.46 bits per heavy atom. The van der Waals surface area contributed by atoms with Crippen LogP contribution in [0, 0.1) is 5.82 Å². The van der Waals surface area contributed by atoms with Crippen molar-refractivity contribution < 1.29 is 22.4 Å². The zero-order chi connectivity index (χ0) is 17.6. The Balaban J connectivity index is 1.75. The number of anilines is 1. The fourth-order valence-corrected chi connectivity index (χ4v) is 2.07. The van der Waals surface area contributed by atoms with Crippen LogP contribution in [0.3, 0.4) is 0 Å². The molecule has 0 atom stereocenters. The molecule has 2 N–H and O–H groups in total. The van der Waals surface area contributed by atoms with E-state index in [9.17, 15) is 22.4 Å². The Kier molecular flexibility index (Phi) is 5.92. The first-order valence-electron chi connectivity index (χ1n) is 7.27. The molecular weight excluding hydrogens is 324 g/mol. The lowest BCUT2D eigenvalue weighted by molar-refractivity contribution is -0.137. The number of carbonyl (C=O) groups is 1. The quantitative estimate of drug-likeness (QED) is 0.458. The van der Waals surface area contributed by atoms with Crippen molar-refractivity contribution >= 4 is 11.5 Å². The van der Waals surface area contributed by atoms with Gasteiger partial charge in [-0.15, -0.1) is 0 Å². The summed E-state index contributed by atoms with van der Waals surface area (Å²) in [7, 11) is 0. The van der Waals surface area contributed by atoms with E-state index < -0.39 is 17.6 Å². The number of nitrogens with one attached hydrogen (secondary N) is 2. The average molecular weight is 340 g/mol. The first-order chi connectivity index (χ1) is 11.4. The van der Waals surface area contributed by atoms with Gasteiger partial charge in [0.15, 0.2) is 5.78 Å². The topological polar surface area (TPSA) is 41.1 Å². The van der Waals surface area contributed by atoms with E-state index in [1.54, 1.807) is 0 Å². The van der Waals surface area contributed by atoms with Gasteiger partial charge in [-0.1, -0.05) is 18.2 Å². The molecule has 2 rings (SSSR count). The molecule has 0 bridgehead atoms. The summed E-state index contributed by atoms with van der Waals surface area (Å²) in [6.45, 7) is 0.739. The minimum absolute atomic E-state index is 0.0216. The Bertz CT molecular complexity index is 701. The SMILES string of the molecule is O=C(CNCCNc1cccc(C(F)(F)F)c1)c1cccc(F)c1. The Morgan fingerprint density at radius 2 is 1.75 bits per heavy atom. The van der Waals surface area contributed by atoms with Crippen molar-refractivity contribution in [2.75, 3.05) is 25.0 Å². The fraction of sp³-hybridized carbons (Fsp3) is 0.235.